The molecule has 0 aliphatic rings. The van der Waals surface area contributed by atoms with E-state index in [9.17, 15) is 0 Å². The molecule has 10 heavy (non-hydrogen) atoms. The number of rotatable bonds is 4. The van der Waals surface area contributed by atoms with E-state index in [0.29, 0.717) is 19.4 Å². The quantitative estimate of drug-likeness (QED) is 0.440. The fraction of sp³-hybridized carbons (Fsp3) is 1.00. The van der Waals surface area contributed by atoms with Crippen molar-refractivity contribution in [2.24, 2.45) is 5.73 Å². The lowest BCUT2D eigenvalue weighted by Crippen LogP contribution is -2.16. The van der Waals surface area contributed by atoms with Crippen molar-refractivity contribution in [3.05, 3.63) is 0 Å². The first kappa shape index (κ1) is 10.3. The van der Waals surface area contributed by atoms with Gasteiger partial charge in [-0.1, -0.05) is 6.92 Å². The molecule has 0 heterocycles. The smallest absolute Gasteiger partial charge is 0.330 e. The van der Waals surface area contributed by atoms with Crippen molar-refractivity contribution in [1.82, 2.24) is 0 Å². The molecule has 0 aliphatic carbocycles. The van der Waals surface area contributed by atoms with Crippen molar-refractivity contribution < 1.29 is 14.7 Å². The molecule has 0 aromatic rings. The standard InChI is InChI=1S/C5H15NO3P/c1-2-5(3-4-6)10(7,8)9/h5,7-9H,2-4,6H2,1H3/q+1. The van der Waals surface area contributed by atoms with Gasteiger partial charge in [0, 0.05) is 6.42 Å². The zero-order valence-corrected chi connectivity index (χ0v) is 6.96. The van der Waals surface area contributed by atoms with Gasteiger partial charge in [0.2, 0.25) is 0 Å². The van der Waals surface area contributed by atoms with Gasteiger partial charge in [-0.15, -0.1) is 0 Å². The Balaban J connectivity index is 3.81. The third kappa shape index (κ3) is 3.44. The Bertz CT molecular complexity index is 93.4. The second-order valence-electron chi connectivity index (χ2n) is 2.25. The zero-order valence-electron chi connectivity index (χ0n) is 6.06. The maximum Gasteiger partial charge on any atom is 0.406 e. The van der Waals surface area contributed by atoms with Crippen molar-refractivity contribution in [2.75, 3.05) is 6.54 Å². The van der Waals surface area contributed by atoms with Gasteiger partial charge in [0.15, 0.2) is 5.66 Å². The summed E-state index contributed by atoms with van der Waals surface area (Å²) in [5, 5.41) is 0. The highest BCUT2D eigenvalue weighted by Crippen LogP contribution is 2.52. The lowest BCUT2D eigenvalue weighted by molar-refractivity contribution is 0.310. The second-order valence-corrected chi connectivity index (χ2v) is 4.21. The minimum atomic E-state index is -3.62. The Morgan fingerprint density at radius 3 is 2.00 bits per heavy atom. The molecule has 0 aromatic carbocycles. The summed E-state index contributed by atoms with van der Waals surface area (Å²) in [7, 11) is -3.62. The Hall–Kier alpha value is 0.270. The SMILES string of the molecule is CCC(CCN)[P+](O)(O)O. The molecule has 0 bridgehead atoms. The van der Waals surface area contributed by atoms with Crippen LogP contribution in [0.15, 0.2) is 0 Å². The fourth-order valence-corrected chi connectivity index (χ4v) is 1.80. The van der Waals surface area contributed by atoms with E-state index < -0.39 is 13.6 Å². The summed E-state index contributed by atoms with van der Waals surface area (Å²) < 4.78 is 0. The first-order chi connectivity index (χ1) is 4.52. The van der Waals surface area contributed by atoms with Crippen molar-refractivity contribution in [3.63, 3.8) is 0 Å². The summed E-state index contributed by atoms with van der Waals surface area (Å²) in [5.41, 5.74) is 4.75. The summed E-state index contributed by atoms with van der Waals surface area (Å²) in [5.74, 6) is 0. The number of nitrogens with two attached hydrogens (primary N) is 1. The van der Waals surface area contributed by atoms with Gasteiger partial charge in [-0.2, -0.15) is 14.7 Å². The summed E-state index contributed by atoms with van der Waals surface area (Å²) in [4.78, 5) is 26.3. The van der Waals surface area contributed by atoms with E-state index in [-0.39, 0.29) is 0 Å². The van der Waals surface area contributed by atoms with Gasteiger partial charge in [0.1, 0.15) is 0 Å². The molecule has 0 rings (SSSR count). The van der Waals surface area contributed by atoms with Gasteiger partial charge < -0.3 is 5.73 Å². The summed E-state index contributed by atoms with van der Waals surface area (Å²) >= 11 is 0. The Labute approximate surface area is 61.3 Å². The Morgan fingerprint density at radius 1 is 1.40 bits per heavy atom. The second kappa shape index (κ2) is 4.21. The number of hydrogen-bond acceptors (Lipinski definition) is 4. The highest BCUT2D eigenvalue weighted by Gasteiger charge is 2.40. The molecule has 1 atom stereocenters. The third-order valence-electron chi connectivity index (χ3n) is 1.46. The number of hydrogen-bond donors (Lipinski definition) is 4. The van der Waals surface area contributed by atoms with Crippen LogP contribution in [0, 0.1) is 0 Å². The van der Waals surface area contributed by atoms with E-state index in [1.807, 2.05) is 0 Å². The van der Waals surface area contributed by atoms with Crippen LogP contribution in [-0.2, 0) is 0 Å². The first-order valence-electron chi connectivity index (χ1n) is 3.29. The molecule has 0 fully saturated rings. The Morgan fingerprint density at radius 2 is 1.90 bits per heavy atom. The van der Waals surface area contributed by atoms with E-state index >= 15 is 0 Å². The van der Waals surface area contributed by atoms with Crippen LogP contribution in [-0.4, -0.2) is 26.9 Å². The first-order valence-corrected chi connectivity index (χ1v) is 5.01. The fourth-order valence-electron chi connectivity index (χ4n) is 0.815. The summed E-state index contributed by atoms with van der Waals surface area (Å²) in [6.07, 6.45) is 1.02. The molecular formula is C5H15NO3P+. The van der Waals surface area contributed by atoms with Crippen LogP contribution < -0.4 is 5.73 Å². The van der Waals surface area contributed by atoms with Gasteiger partial charge in [-0.25, -0.2) is 0 Å². The van der Waals surface area contributed by atoms with Crippen LogP contribution in [0.5, 0.6) is 0 Å². The van der Waals surface area contributed by atoms with Crippen LogP contribution in [0.4, 0.5) is 0 Å². The molecule has 0 aliphatic heterocycles. The van der Waals surface area contributed by atoms with Gasteiger partial charge in [0.25, 0.3) is 0 Å². The van der Waals surface area contributed by atoms with Crippen molar-refractivity contribution in [1.29, 1.82) is 0 Å². The maximum atomic E-state index is 8.78. The van der Waals surface area contributed by atoms with Gasteiger partial charge in [-0.3, -0.25) is 0 Å². The lowest BCUT2D eigenvalue weighted by atomic mass is 10.2. The topological polar surface area (TPSA) is 86.7 Å². The molecule has 62 valence electrons. The van der Waals surface area contributed by atoms with Gasteiger partial charge in [0.05, 0.1) is 0 Å². The van der Waals surface area contributed by atoms with Crippen LogP contribution >= 0.6 is 7.94 Å². The average molecular weight is 168 g/mol. The van der Waals surface area contributed by atoms with Crippen LogP contribution in [0.2, 0.25) is 0 Å². The van der Waals surface area contributed by atoms with Gasteiger partial charge >= 0.3 is 7.94 Å². The predicted octanol–water partition coefficient (Wildman–Crippen LogP) is -0.147. The minimum Gasteiger partial charge on any atom is -0.330 e. The molecule has 4 nitrogen and oxygen atoms in total. The predicted molar refractivity (Wildman–Crippen MR) is 41.3 cm³/mol. The van der Waals surface area contributed by atoms with Crippen LogP contribution in [0.3, 0.4) is 0 Å². The lowest BCUT2D eigenvalue weighted by Gasteiger charge is -2.13. The molecule has 5 N–H and O–H groups in total. The molecule has 0 radical (unpaired) electrons. The normalized spacial score (nSPS) is 15.3. The Kier molecular flexibility index (Phi) is 4.32. The molecule has 0 saturated carbocycles. The average Bonchev–Trinajstić information content (AvgIpc) is 1.80. The molecule has 5 heteroatoms. The molecular weight excluding hydrogens is 153 g/mol. The monoisotopic (exact) mass is 168 g/mol. The molecule has 0 amide bonds. The van der Waals surface area contributed by atoms with Crippen LogP contribution in [0.25, 0.3) is 0 Å². The largest absolute Gasteiger partial charge is 0.406 e. The van der Waals surface area contributed by atoms with Crippen molar-refractivity contribution in [2.45, 2.75) is 25.4 Å². The maximum absolute atomic E-state index is 8.78. The summed E-state index contributed by atoms with van der Waals surface area (Å²) in [6, 6.07) is 0. The summed E-state index contributed by atoms with van der Waals surface area (Å²) in [6.45, 7) is 2.17. The molecule has 1 unspecified atom stereocenters. The molecule has 0 saturated heterocycles. The molecule has 0 aromatic heterocycles. The highest BCUT2D eigenvalue weighted by molar-refractivity contribution is 7.59. The van der Waals surface area contributed by atoms with Crippen LogP contribution in [0.1, 0.15) is 19.8 Å². The minimum absolute atomic E-state index is 0.377. The van der Waals surface area contributed by atoms with E-state index in [4.69, 9.17) is 20.4 Å². The third-order valence-corrected chi connectivity index (χ3v) is 3.06. The van der Waals surface area contributed by atoms with E-state index in [0.717, 1.165) is 0 Å². The van der Waals surface area contributed by atoms with E-state index in [2.05, 4.69) is 0 Å². The van der Waals surface area contributed by atoms with Gasteiger partial charge in [-0.05, 0) is 13.0 Å². The van der Waals surface area contributed by atoms with Crippen molar-refractivity contribution in [3.8, 4) is 0 Å². The van der Waals surface area contributed by atoms with Crippen molar-refractivity contribution >= 4 is 7.94 Å². The highest BCUT2D eigenvalue weighted by atomic mass is 31.2. The zero-order chi connectivity index (χ0) is 8.20. The van der Waals surface area contributed by atoms with E-state index in [1.54, 1.807) is 6.92 Å². The van der Waals surface area contributed by atoms with E-state index in [1.165, 1.54) is 0 Å². The molecule has 0 spiro atoms.